The molecule has 0 aliphatic carbocycles. The zero-order valence-corrected chi connectivity index (χ0v) is 7.60. The van der Waals surface area contributed by atoms with Gasteiger partial charge in [0.1, 0.15) is 6.33 Å². The average Bonchev–Trinajstić information content (AvgIpc) is 2.62. The van der Waals surface area contributed by atoms with Crippen molar-refractivity contribution in [1.82, 2.24) is 14.8 Å². The number of methoxy groups -OCH3 is 1. The Balaban J connectivity index is 2.87. The minimum atomic E-state index is -0.854. The number of nitrogens with two attached hydrogens (primary N) is 1. The smallest absolute Gasteiger partial charge is 0.330 e. The fraction of sp³-hybridized carbons (Fsp3) is 0.571. The molecule has 6 nitrogen and oxygen atoms in total. The molecule has 1 atom stereocenters. The highest BCUT2D eigenvalue weighted by atomic mass is 16.5. The van der Waals surface area contributed by atoms with Gasteiger partial charge in [-0.2, -0.15) is 5.10 Å². The normalized spacial score (nSPS) is 12.5. The second-order valence-electron chi connectivity index (χ2n) is 2.43. The van der Waals surface area contributed by atoms with E-state index in [4.69, 9.17) is 5.73 Å². The van der Waals surface area contributed by atoms with Crippen molar-refractivity contribution in [1.29, 1.82) is 0 Å². The van der Waals surface area contributed by atoms with Gasteiger partial charge >= 0.3 is 5.97 Å². The van der Waals surface area contributed by atoms with Crippen LogP contribution >= 0.6 is 0 Å². The maximum absolute atomic E-state index is 11.1. The molecule has 0 amide bonds. The van der Waals surface area contributed by atoms with E-state index in [-0.39, 0.29) is 0 Å². The summed E-state index contributed by atoms with van der Waals surface area (Å²) in [5.74, 6) is -0.0861. The first-order valence-corrected chi connectivity index (χ1v) is 3.91. The average molecular weight is 184 g/mol. The molecular formula is C7H12N4O2. The number of ether oxygens (including phenoxy) is 1. The molecule has 0 radical (unpaired) electrons. The van der Waals surface area contributed by atoms with Crippen LogP contribution < -0.4 is 5.73 Å². The summed E-state index contributed by atoms with van der Waals surface area (Å²) in [6.45, 7) is 2.52. The first-order chi connectivity index (χ1) is 6.20. The number of carbonyl (C=O) groups excluding carboxylic acids is 1. The van der Waals surface area contributed by atoms with Crippen LogP contribution in [0.5, 0.6) is 0 Å². The molecule has 1 unspecified atom stereocenters. The molecule has 0 aliphatic rings. The van der Waals surface area contributed by atoms with Gasteiger partial charge in [-0.3, -0.25) is 0 Å². The maximum atomic E-state index is 11.1. The number of hydrogen-bond donors (Lipinski definition) is 1. The highest BCUT2D eigenvalue weighted by Crippen LogP contribution is 2.07. The summed E-state index contributed by atoms with van der Waals surface area (Å²) in [7, 11) is 1.29. The second kappa shape index (κ2) is 3.99. The zero-order chi connectivity index (χ0) is 9.84. The van der Waals surface area contributed by atoms with Gasteiger partial charge in [-0.25, -0.2) is 14.5 Å². The Morgan fingerprint density at radius 3 is 3.08 bits per heavy atom. The first kappa shape index (κ1) is 9.66. The van der Waals surface area contributed by atoms with Crippen LogP contribution in [0.3, 0.4) is 0 Å². The van der Waals surface area contributed by atoms with Gasteiger partial charge in [0, 0.05) is 6.54 Å². The number of aromatic nitrogens is 3. The Morgan fingerprint density at radius 2 is 2.54 bits per heavy atom. The molecule has 0 saturated heterocycles. The fourth-order valence-corrected chi connectivity index (χ4v) is 0.990. The Labute approximate surface area is 75.7 Å². The van der Waals surface area contributed by atoms with Crippen LogP contribution in [0.1, 0.15) is 18.8 Å². The fourth-order valence-electron chi connectivity index (χ4n) is 0.990. The third kappa shape index (κ3) is 1.83. The minimum Gasteiger partial charge on any atom is -0.468 e. The van der Waals surface area contributed by atoms with Gasteiger partial charge in [0.15, 0.2) is 11.9 Å². The van der Waals surface area contributed by atoms with Crippen LogP contribution in [0.15, 0.2) is 6.33 Å². The number of aryl methyl sites for hydroxylation is 1. The molecule has 0 aliphatic heterocycles. The molecule has 1 aromatic rings. The van der Waals surface area contributed by atoms with Gasteiger partial charge in [0.2, 0.25) is 0 Å². The summed E-state index contributed by atoms with van der Waals surface area (Å²) >= 11 is 0. The van der Waals surface area contributed by atoms with E-state index in [1.165, 1.54) is 13.4 Å². The maximum Gasteiger partial charge on any atom is 0.330 e. The first-order valence-electron chi connectivity index (χ1n) is 3.91. The summed E-state index contributed by atoms with van der Waals surface area (Å²) in [5.41, 5.74) is 5.57. The zero-order valence-electron chi connectivity index (χ0n) is 7.60. The quantitative estimate of drug-likeness (QED) is 0.638. The molecule has 1 aromatic heterocycles. The predicted molar refractivity (Wildman–Crippen MR) is 44.6 cm³/mol. The van der Waals surface area contributed by atoms with Crippen LogP contribution in [-0.2, 0) is 16.1 Å². The molecule has 0 fully saturated rings. The Bertz CT molecular complexity index is 296. The van der Waals surface area contributed by atoms with Crippen molar-refractivity contribution in [3.8, 4) is 0 Å². The van der Waals surface area contributed by atoms with Crippen molar-refractivity contribution in [3.05, 3.63) is 12.2 Å². The van der Waals surface area contributed by atoms with E-state index < -0.39 is 12.0 Å². The predicted octanol–water partition coefficient (Wildman–Crippen LogP) is -0.529. The van der Waals surface area contributed by atoms with Gasteiger partial charge in [0.05, 0.1) is 7.11 Å². The summed E-state index contributed by atoms with van der Waals surface area (Å²) in [5, 5.41) is 3.89. The largest absolute Gasteiger partial charge is 0.468 e. The van der Waals surface area contributed by atoms with E-state index in [1.54, 1.807) is 4.68 Å². The van der Waals surface area contributed by atoms with E-state index >= 15 is 0 Å². The highest BCUT2D eigenvalue weighted by Gasteiger charge is 2.21. The van der Waals surface area contributed by atoms with Crippen molar-refractivity contribution in [2.75, 3.05) is 7.11 Å². The van der Waals surface area contributed by atoms with E-state index in [1.807, 2.05) is 6.92 Å². The third-order valence-electron chi connectivity index (χ3n) is 1.68. The second-order valence-corrected chi connectivity index (χ2v) is 2.43. The van der Waals surface area contributed by atoms with Gasteiger partial charge in [-0.15, -0.1) is 0 Å². The highest BCUT2D eigenvalue weighted by molar-refractivity contribution is 5.76. The molecule has 2 N–H and O–H groups in total. The van der Waals surface area contributed by atoms with Crippen molar-refractivity contribution in [2.45, 2.75) is 19.5 Å². The minimum absolute atomic E-state index is 0.425. The van der Waals surface area contributed by atoms with Crippen molar-refractivity contribution >= 4 is 5.97 Å². The molecule has 1 heterocycles. The van der Waals surface area contributed by atoms with Gasteiger partial charge < -0.3 is 10.5 Å². The summed E-state index contributed by atoms with van der Waals surface area (Å²) in [6.07, 6.45) is 1.36. The Kier molecular flexibility index (Phi) is 2.97. The summed E-state index contributed by atoms with van der Waals surface area (Å²) in [6, 6.07) is -0.854. The molecule has 6 heteroatoms. The molecular weight excluding hydrogens is 172 g/mol. The molecule has 0 saturated carbocycles. The number of nitrogens with zero attached hydrogens (tertiary/aromatic N) is 3. The lowest BCUT2D eigenvalue weighted by atomic mass is 10.3. The van der Waals surface area contributed by atoms with Crippen molar-refractivity contribution < 1.29 is 9.53 Å². The number of carbonyl (C=O) groups is 1. The van der Waals surface area contributed by atoms with Gasteiger partial charge in [-0.05, 0) is 6.92 Å². The monoisotopic (exact) mass is 184 g/mol. The van der Waals surface area contributed by atoms with E-state index in [0.717, 1.165) is 0 Å². The van der Waals surface area contributed by atoms with Crippen LogP contribution in [0.4, 0.5) is 0 Å². The van der Waals surface area contributed by atoms with Crippen molar-refractivity contribution in [2.24, 2.45) is 5.73 Å². The van der Waals surface area contributed by atoms with Crippen LogP contribution in [0.25, 0.3) is 0 Å². The standard InChI is InChI=1S/C7H12N4O2/c1-3-11-6(9-4-10-11)5(8)7(12)13-2/h4-5H,3,8H2,1-2H3. The lowest BCUT2D eigenvalue weighted by Gasteiger charge is -2.08. The van der Waals surface area contributed by atoms with Crippen molar-refractivity contribution in [3.63, 3.8) is 0 Å². The molecule has 72 valence electrons. The molecule has 0 aromatic carbocycles. The summed E-state index contributed by atoms with van der Waals surface area (Å²) < 4.78 is 6.05. The summed E-state index contributed by atoms with van der Waals surface area (Å²) in [4.78, 5) is 14.9. The Morgan fingerprint density at radius 1 is 1.85 bits per heavy atom. The Hall–Kier alpha value is -1.43. The van der Waals surface area contributed by atoms with Gasteiger partial charge in [-0.1, -0.05) is 0 Å². The SMILES string of the molecule is CCn1ncnc1C(N)C(=O)OC. The van der Waals surface area contributed by atoms with E-state index in [9.17, 15) is 4.79 Å². The number of esters is 1. The third-order valence-corrected chi connectivity index (χ3v) is 1.68. The molecule has 13 heavy (non-hydrogen) atoms. The topological polar surface area (TPSA) is 83.0 Å². The molecule has 1 rings (SSSR count). The van der Waals surface area contributed by atoms with E-state index in [2.05, 4.69) is 14.8 Å². The number of hydrogen-bond acceptors (Lipinski definition) is 5. The van der Waals surface area contributed by atoms with Crippen LogP contribution in [-0.4, -0.2) is 27.8 Å². The van der Waals surface area contributed by atoms with Gasteiger partial charge in [0.25, 0.3) is 0 Å². The van der Waals surface area contributed by atoms with Crippen LogP contribution in [0.2, 0.25) is 0 Å². The number of rotatable bonds is 3. The molecule has 0 bridgehead atoms. The lowest BCUT2D eigenvalue weighted by molar-refractivity contribution is -0.142. The lowest BCUT2D eigenvalue weighted by Crippen LogP contribution is -2.26. The van der Waals surface area contributed by atoms with Crippen LogP contribution in [0, 0.1) is 0 Å². The molecule has 0 spiro atoms. The van der Waals surface area contributed by atoms with E-state index in [0.29, 0.717) is 12.4 Å².